The lowest BCUT2D eigenvalue weighted by Gasteiger charge is -2.22. The van der Waals surface area contributed by atoms with Gasteiger partial charge >= 0.3 is 0 Å². The zero-order valence-electron chi connectivity index (χ0n) is 17.8. The van der Waals surface area contributed by atoms with E-state index in [4.69, 9.17) is 0 Å². The number of carbonyl (C=O) groups is 1. The Bertz CT molecular complexity index is 1250. The van der Waals surface area contributed by atoms with Crippen molar-refractivity contribution in [3.05, 3.63) is 71.4 Å². The molecule has 166 valence electrons. The molecule has 0 bridgehead atoms. The van der Waals surface area contributed by atoms with Crippen LogP contribution in [-0.4, -0.2) is 25.8 Å². The lowest BCUT2D eigenvalue weighted by Crippen LogP contribution is -2.19. The number of allylic oxidation sites excluding steroid dienone is 1. The Morgan fingerprint density at radius 1 is 1.06 bits per heavy atom. The van der Waals surface area contributed by atoms with Crippen LogP contribution in [0.5, 0.6) is 0 Å². The summed E-state index contributed by atoms with van der Waals surface area (Å²) in [4.78, 5) is 14.4. The Kier molecular flexibility index (Phi) is 6.38. The van der Waals surface area contributed by atoms with E-state index in [1.165, 1.54) is 0 Å². The summed E-state index contributed by atoms with van der Waals surface area (Å²) in [5.74, 6) is -0.183. The Morgan fingerprint density at radius 3 is 2.53 bits per heavy atom. The molecule has 2 aromatic carbocycles. The van der Waals surface area contributed by atoms with E-state index < -0.39 is 10.0 Å². The van der Waals surface area contributed by atoms with Gasteiger partial charge in [0.2, 0.25) is 10.0 Å². The molecule has 0 aliphatic carbocycles. The quantitative estimate of drug-likeness (QED) is 0.518. The summed E-state index contributed by atoms with van der Waals surface area (Å²) in [7, 11) is -3.32. The number of hydrogen-bond acceptors (Lipinski definition) is 6. The number of amides is 1. The Hall–Kier alpha value is -3.04. The molecule has 0 saturated heterocycles. The molecule has 0 spiro atoms. The molecule has 2 aliphatic heterocycles. The largest absolute Gasteiger partial charge is 0.354 e. The number of nitrogens with zero attached hydrogens (tertiary/aromatic N) is 1. The smallest absolute Gasteiger partial charge is 0.275 e. The van der Waals surface area contributed by atoms with Crippen molar-refractivity contribution < 1.29 is 13.2 Å². The lowest BCUT2D eigenvalue weighted by molar-refractivity contribution is -0.116. The number of carbonyl (C=O) groups excluding carboxylic acids is 1. The summed E-state index contributed by atoms with van der Waals surface area (Å²) in [6.45, 7) is 3.65. The number of anilines is 2. The van der Waals surface area contributed by atoms with E-state index >= 15 is 0 Å². The van der Waals surface area contributed by atoms with Gasteiger partial charge in [0.25, 0.3) is 5.91 Å². The van der Waals surface area contributed by atoms with E-state index in [1.54, 1.807) is 30.8 Å². The summed E-state index contributed by atoms with van der Waals surface area (Å²) in [5.41, 5.74) is 7.11. The molecule has 2 aromatic rings. The van der Waals surface area contributed by atoms with Crippen molar-refractivity contribution in [1.82, 2.24) is 5.43 Å². The number of thioether (sulfide) groups is 1. The maximum atomic E-state index is 12.5. The van der Waals surface area contributed by atoms with Gasteiger partial charge in [-0.2, -0.15) is 5.10 Å². The van der Waals surface area contributed by atoms with Crippen LogP contribution >= 0.6 is 11.8 Å². The second-order valence-electron chi connectivity index (χ2n) is 7.35. The second-order valence-corrected chi connectivity index (χ2v) is 10.5. The van der Waals surface area contributed by atoms with Gasteiger partial charge in [-0.15, -0.1) is 0 Å². The number of hydrogen-bond donors (Lipinski definition) is 3. The molecular weight excluding hydrogens is 444 g/mol. The SMILES string of the molecule is CCCC1=NNC(=O)/C1=C1/C=C(Sc2ccc(NS(=O)(=O)CC)cc2)c2ccccc2N1. The Morgan fingerprint density at radius 2 is 1.81 bits per heavy atom. The molecule has 3 N–H and O–H groups in total. The van der Waals surface area contributed by atoms with Crippen LogP contribution in [-0.2, 0) is 14.8 Å². The Labute approximate surface area is 192 Å². The minimum atomic E-state index is -3.32. The predicted octanol–water partition coefficient (Wildman–Crippen LogP) is 4.55. The van der Waals surface area contributed by atoms with Crippen LogP contribution < -0.4 is 15.5 Å². The number of nitrogens with one attached hydrogen (secondary N) is 3. The van der Waals surface area contributed by atoms with Crippen molar-refractivity contribution in [3.63, 3.8) is 0 Å². The minimum absolute atomic E-state index is 0.0223. The van der Waals surface area contributed by atoms with Crippen molar-refractivity contribution in [1.29, 1.82) is 0 Å². The predicted molar refractivity (Wildman–Crippen MR) is 131 cm³/mol. The number of rotatable bonds is 7. The molecule has 2 aliphatic rings. The first-order valence-corrected chi connectivity index (χ1v) is 12.8. The van der Waals surface area contributed by atoms with Gasteiger partial charge in [-0.05, 0) is 49.8 Å². The molecule has 32 heavy (non-hydrogen) atoms. The van der Waals surface area contributed by atoms with Crippen LogP contribution in [0.25, 0.3) is 4.91 Å². The van der Waals surface area contributed by atoms with Crippen LogP contribution in [0.2, 0.25) is 0 Å². The lowest BCUT2D eigenvalue weighted by atomic mass is 10.0. The topological polar surface area (TPSA) is 99.7 Å². The van der Waals surface area contributed by atoms with Crippen LogP contribution in [0.4, 0.5) is 11.4 Å². The Balaban J connectivity index is 1.68. The highest BCUT2D eigenvalue weighted by Gasteiger charge is 2.28. The second kappa shape index (κ2) is 9.22. The van der Waals surface area contributed by atoms with Crippen molar-refractivity contribution in [2.24, 2.45) is 5.10 Å². The molecule has 0 fully saturated rings. The molecule has 9 heteroatoms. The van der Waals surface area contributed by atoms with Gasteiger partial charge in [0.05, 0.1) is 22.7 Å². The highest BCUT2D eigenvalue weighted by atomic mass is 32.2. The third kappa shape index (κ3) is 4.73. The molecule has 1 amide bonds. The number of sulfonamides is 1. The van der Waals surface area contributed by atoms with Crippen molar-refractivity contribution >= 4 is 49.7 Å². The molecular formula is C23H24N4O3S2. The summed E-state index contributed by atoms with van der Waals surface area (Å²) in [6, 6.07) is 15.2. The van der Waals surface area contributed by atoms with Gasteiger partial charge < -0.3 is 5.32 Å². The van der Waals surface area contributed by atoms with E-state index in [0.29, 0.717) is 17.7 Å². The van der Waals surface area contributed by atoms with Gasteiger partial charge in [0.1, 0.15) is 0 Å². The van der Waals surface area contributed by atoms with E-state index in [9.17, 15) is 13.2 Å². The average Bonchev–Trinajstić information content (AvgIpc) is 3.15. The number of para-hydroxylation sites is 1. The fourth-order valence-corrected chi connectivity index (χ4v) is 5.07. The van der Waals surface area contributed by atoms with Crippen LogP contribution in [0.1, 0.15) is 32.3 Å². The molecule has 0 atom stereocenters. The first-order valence-electron chi connectivity index (χ1n) is 10.4. The minimum Gasteiger partial charge on any atom is -0.354 e. The van der Waals surface area contributed by atoms with Gasteiger partial charge in [-0.1, -0.05) is 43.3 Å². The van der Waals surface area contributed by atoms with Crippen molar-refractivity contribution in [2.45, 2.75) is 31.6 Å². The monoisotopic (exact) mass is 468 g/mol. The standard InChI is InChI=1S/C23H24N4O3S2/c1-3-7-19-22(23(28)26-25-19)20-14-21(17-8-5-6-9-18(17)24-20)31-16-12-10-15(11-13-16)27-32(29,30)4-2/h5-6,8-14,24,27H,3-4,7H2,1-2H3,(H,26,28)/b22-20-. The van der Waals surface area contributed by atoms with E-state index in [0.717, 1.165) is 38.9 Å². The average molecular weight is 469 g/mol. The molecule has 0 saturated carbocycles. The number of benzene rings is 2. The zero-order valence-corrected chi connectivity index (χ0v) is 19.4. The molecule has 4 rings (SSSR count). The first kappa shape index (κ1) is 22.2. The summed E-state index contributed by atoms with van der Waals surface area (Å²) >= 11 is 1.56. The van der Waals surface area contributed by atoms with E-state index in [2.05, 4.69) is 27.5 Å². The molecule has 0 aromatic heterocycles. The van der Waals surface area contributed by atoms with Crippen molar-refractivity contribution in [2.75, 3.05) is 15.8 Å². The van der Waals surface area contributed by atoms with Gasteiger partial charge in [0.15, 0.2) is 0 Å². The van der Waals surface area contributed by atoms with Crippen LogP contribution in [0, 0.1) is 0 Å². The van der Waals surface area contributed by atoms with E-state index in [-0.39, 0.29) is 11.7 Å². The molecule has 0 radical (unpaired) electrons. The maximum absolute atomic E-state index is 12.5. The van der Waals surface area contributed by atoms with Gasteiger partial charge in [0, 0.05) is 26.7 Å². The fourth-order valence-electron chi connectivity index (χ4n) is 3.44. The van der Waals surface area contributed by atoms with E-state index in [1.807, 2.05) is 42.5 Å². The first-order chi connectivity index (χ1) is 15.4. The molecule has 7 nitrogen and oxygen atoms in total. The third-order valence-corrected chi connectivity index (χ3v) is 7.41. The van der Waals surface area contributed by atoms with Gasteiger partial charge in [-0.3, -0.25) is 9.52 Å². The summed E-state index contributed by atoms with van der Waals surface area (Å²) in [6.07, 6.45) is 3.58. The maximum Gasteiger partial charge on any atom is 0.275 e. The molecule has 2 heterocycles. The number of fused-ring (bicyclic) bond motifs is 1. The summed E-state index contributed by atoms with van der Waals surface area (Å²) in [5, 5.41) is 7.59. The highest BCUT2D eigenvalue weighted by Crippen LogP contribution is 2.42. The molecule has 0 unspecified atom stereocenters. The number of hydrazone groups is 1. The highest BCUT2D eigenvalue weighted by molar-refractivity contribution is 8.08. The fraction of sp³-hybridized carbons (Fsp3) is 0.217. The van der Waals surface area contributed by atoms with Crippen LogP contribution in [0.15, 0.2) is 75.9 Å². The van der Waals surface area contributed by atoms with Crippen LogP contribution in [0.3, 0.4) is 0 Å². The van der Waals surface area contributed by atoms with Gasteiger partial charge in [-0.25, -0.2) is 13.8 Å². The zero-order chi connectivity index (χ0) is 22.7. The van der Waals surface area contributed by atoms with Crippen molar-refractivity contribution in [3.8, 4) is 0 Å². The summed E-state index contributed by atoms with van der Waals surface area (Å²) < 4.78 is 26.1. The normalized spacial score (nSPS) is 17.8. The third-order valence-electron chi connectivity index (χ3n) is 5.04.